The summed E-state index contributed by atoms with van der Waals surface area (Å²) in [7, 11) is 1.50. The van der Waals surface area contributed by atoms with Crippen molar-refractivity contribution in [1.82, 2.24) is 9.88 Å². The maximum absolute atomic E-state index is 13.3. The minimum atomic E-state index is -0.192. The van der Waals surface area contributed by atoms with E-state index in [4.69, 9.17) is 16.3 Å². The Morgan fingerprint density at radius 1 is 1.08 bits per heavy atom. The van der Waals surface area contributed by atoms with Crippen molar-refractivity contribution in [2.45, 2.75) is 63.1 Å². The molecule has 2 aliphatic carbocycles. The number of aliphatic hydroxyl groups excluding tert-OH is 1. The molecule has 1 unspecified atom stereocenters. The van der Waals surface area contributed by atoms with E-state index in [1.165, 1.54) is 7.11 Å². The number of Topliss-reactive ketones (excluding diaryl/α,β-unsaturated/α-hetero) is 1. The van der Waals surface area contributed by atoms with Crippen LogP contribution in [-0.4, -0.2) is 64.3 Å². The summed E-state index contributed by atoms with van der Waals surface area (Å²) in [6.07, 6.45) is 8.49. The molecule has 1 aromatic heterocycles. The van der Waals surface area contributed by atoms with Gasteiger partial charge in [-0.2, -0.15) is 0 Å². The number of pyridine rings is 1. The average Bonchev–Trinajstić information content (AvgIpc) is 3.70. The molecule has 7 nitrogen and oxygen atoms in total. The zero-order chi connectivity index (χ0) is 26.4. The van der Waals surface area contributed by atoms with Crippen LogP contribution in [0.25, 0.3) is 22.0 Å². The third-order valence-electron chi connectivity index (χ3n) is 8.42. The smallest absolute Gasteiger partial charge is 0.176 e. The van der Waals surface area contributed by atoms with Gasteiger partial charge in [0.2, 0.25) is 0 Å². The molecule has 1 aliphatic heterocycles. The molecule has 6 rings (SSSR count). The van der Waals surface area contributed by atoms with Crippen LogP contribution in [0.15, 0.2) is 36.5 Å². The van der Waals surface area contributed by atoms with Crippen molar-refractivity contribution in [2.24, 2.45) is 5.92 Å². The highest BCUT2D eigenvalue weighted by molar-refractivity contribution is 6.32. The molecule has 8 heteroatoms. The molecule has 2 heterocycles. The lowest BCUT2D eigenvalue weighted by Gasteiger charge is -2.35. The number of carbonyl (C=O) groups is 1. The molecule has 0 radical (unpaired) electrons. The fourth-order valence-electron chi connectivity index (χ4n) is 6.07. The summed E-state index contributed by atoms with van der Waals surface area (Å²) in [5, 5.41) is 25.0. The minimum absolute atomic E-state index is 0.0842. The second kappa shape index (κ2) is 10.4. The van der Waals surface area contributed by atoms with E-state index < -0.39 is 0 Å². The number of nitrogens with one attached hydrogen (secondary N) is 1. The molecule has 3 aromatic rings. The normalized spacial score (nSPS) is 24.0. The third kappa shape index (κ3) is 4.95. The van der Waals surface area contributed by atoms with Crippen molar-refractivity contribution in [3.05, 3.63) is 47.1 Å². The van der Waals surface area contributed by atoms with Crippen molar-refractivity contribution in [1.29, 1.82) is 0 Å². The maximum atomic E-state index is 13.3. The molecule has 200 valence electrons. The molecule has 0 amide bonds. The highest BCUT2D eigenvalue weighted by Crippen LogP contribution is 2.41. The number of carbonyl (C=O) groups excluding carboxylic acids is 1. The Bertz CT molecular complexity index is 1370. The first-order valence-corrected chi connectivity index (χ1v) is 14.0. The average molecular weight is 536 g/mol. The lowest BCUT2D eigenvalue weighted by Crippen LogP contribution is -2.39. The molecule has 2 aromatic carbocycles. The Hall–Kier alpha value is -2.87. The highest BCUT2D eigenvalue weighted by Gasteiger charge is 2.34. The van der Waals surface area contributed by atoms with Gasteiger partial charge < -0.3 is 20.3 Å². The summed E-state index contributed by atoms with van der Waals surface area (Å²) in [5.74, 6) is 0.486. The van der Waals surface area contributed by atoms with E-state index in [-0.39, 0.29) is 34.6 Å². The number of halogens is 1. The molecule has 0 spiro atoms. The molecule has 3 aliphatic rings. The number of nitrogens with zero attached hydrogens (tertiary/aromatic N) is 2. The van der Waals surface area contributed by atoms with Gasteiger partial charge in [-0.3, -0.25) is 14.7 Å². The summed E-state index contributed by atoms with van der Waals surface area (Å²) >= 11 is 6.28. The van der Waals surface area contributed by atoms with Crippen LogP contribution in [0, 0.1) is 5.92 Å². The van der Waals surface area contributed by atoms with Gasteiger partial charge in [0, 0.05) is 42.7 Å². The van der Waals surface area contributed by atoms with E-state index in [1.54, 1.807) is 18.3 Å². The van der Waals surface area contributed by atoms with Crippen LogP contribution < -0.4 is 10.1 Å². The molecular weight excluding hydrogens is 502 g/mol. The van der Waals surface area contributed by atoms with Gasteiger partial charge >= 0.3 is 0 Å². The molecule has 2 saturated carbocycles. The van der Waals surface area contributed by atoms with E-state index in [9.17, 15) is 15.0 Å². The molecule has 0 bridgehead atoms. The molecule has 3 fully saturated rings. The maximum Gasteiger partial charge on any atom is 0.176 e. The van der Waals surface area contributed by atoms with Crippen LogP contribution in [0.4, 0.5) is 5.69 Å². The molecular formula is C30H34ClN3O4. The number of hydrogen-bond donors (Lipinski definition) is 3. The number of aliphatic hydroxyl groups is 1. The number of ether oxygens (including phenoxy) is 1. The van der Waals surface area contributed by atoms with Gasteiger partial charge in [0.25, 0.3) is 0 Å². The first kappa shape index (κ1) is 25.4. The number of hydrogen-bond acceptors (Lipinski definition) is 7. The van der Waals surface area contributed by atoms with E-state index in [1.807, 2.05) is 18.2 Å². The standard InChI is InChI=1S/C30H34ClN3O4/c1-38-27-14-19(13-25(31)30(27)37)18-4-9-26-23(12-18)28(24(15-32-26)29(36)17-2-3-17)33-20-5-7-21(8-6-20)34-11-10-22(35)16-34/h4,9,12-15,17,20-22,35,37H,2-3,5-8,10-11,16H2,1H3,(H,32,33). The van der Waals surface area contributed by atoms with E-state index in [0.29, 0.717) is 17.4 Å². The van der Waals surface area contributed by atoms with Crippen molar-refractivity contribution < 1.29 is 19.7 Å². The van der Waals surface area contributed by atoms with Crippen LogP contribution in [0.1, 0.15) is 55.3 Å². The van der Waals surface area contributed by atoms with Crippen molar-refractivity contribution >= 4 is 34.0 Å². The van der Waals surface area contributed by atoms with Gasteiger partial charge in [-0.05, 0) is 80.3 Å². The Morgan fingerprint density at radius 3 is 2.55 bits per heavy atom. The Labute approximate surface area is 227 Å². The van der Waals surface area contributed by atoms with Gasteiger partial charge in [-0.1, -0.05) is 17.7 Å². The largest absolute Gasteiger partial charge is 0.503 e. The zero-order valence-electron chi connectivity index (χ0n) is 21.6. The Kier molecular flexibility index (Phi) is 6.93. The number of methoxy groups -OCH3 is 1. The summed E-state index contributed by atoms with van der Waals surface area (Å²) in [5.41, 5.74) is 4.06. The number of aromatic hydroxyl groups is 1. The fraction of sp³-hybridized carbons (Fsp3) is 0.467. The van der Waals surface area contributed by atoms with Gasteiger partial charge in [0.15, 0.2) is 17.3 Å². The van der Waals surface area contributed by atoms with Gasteiger partial charge in [-0.25, -0.2) is 0 Å². The number of β-amino-alcohol motifs (C(OH)–C–C–N with tert-alkyl or cyclic N) is 1. The first-order valence-electron chi connectivity index (χ1n) is 13.6. The molecule has 3 N–H and O–H groups in total. The number of benzene rings is 2. The van der Waals surface area contributed by atoms with Crippen LogP contribution in [0.2, 0.25) is 5.02 Å². The number of phenols is 1. The number of aromatic nitrogens is 1. The van der Waals surface area contributed by atoms with Gasteiger partial charge in [0.05, 0.1) is 35.0 Å². The van der Waals surface area contributed by atoms with Crippen LogP contribution in [0.5, 0.6) is 11.5 Å². The van der Waals surface area contributed by atoms with Crippen LogP contribution >= 0.6 is 11.6 Å². The number of anilines is 1. The molecule has 1 saturated heterocycles. The quantitative estimate of drug-likeness (QED) is 0.336. The third-order valence-corrected chi connectivity index (χ3v) is 8.71. The number of phenolic OH excluding ortho intramolecular Hbond substituents is 1. The number of fused-ring (bicyclic) bond motifs is 1. The topological polar surface area (TPSA) is 94.9 Å². The summed E-state index contributed by atoms with van der Waals surface area (Å²) in [6.45, 7) is 1.76. The number of ketones is 1. The summed E-state index contributed by atoms with van der Waals surface area (Å²) in [4.78, 5) is 20.4. The summed E-state index contributed by atoms with van der Waals surface area (Å²) in [6, 6.07) is 10.3. The van der Waals surface area contributed by atoms with Crippen LogP contribution in [0.3, 0.4) is 0 Å². The highest BCUT2D eigenvalue weighted by atomic mass is 35.5. The lowest BCUT2D eigenvalue weighted by molar-refractivity contribution is 0.0968. The molecule has 1 atom stereocenters. The number of likely N-dealkylation sites (tertiary alicyclic amines) is 1. The van der Waals surface area contributed by atoms with Crippen molar-refractivity contribution in [2.75, 3.05) is 25.5 Å². The molecule has 38 heavy (non-hydrogen) atoms. The Balaban J connectivity index is 1.33. The minimum Gasteiger partial charge on any atom is -0.503 e. The van der Waals surface area contributed by atoms with E-state index in [2.05, 4.69) is 15.2 Å². The second-order valence-electron chi connectivity index (χ2n) is 11.0. The SMILES string of the molecule is COc1cc(-c2ccc3ncc(C(=O)C4CC4)c(NC4CCC(N5CCC(O)C5)CC4)c3c2)cc(Cl)c1O. The van der Waals surface area contributed by atoms with Gasteiger partial charge in [0.1, 0.15) is 0 Å². The van der Waals surface area contributed by atoms with E-state index >= 15 is 0 Å². The first-order chi connectivity index (χ1) is 18.4. The predicted molar refractivity (Wildman–Crippen MR) is 149 cm³/mol. The van der Waals surface area contributed by atoms with Crippen molar-refractivity contribution in [3.8, 4) is 22.6 Å². The fourth-order valence-corrected chi connectivity index (χ4v) is 6.28. The van der Waals surface area contributed by atoms with E-state index in [0.717, 1.165) is 85.8 Å². The lowest BCUT2D eigenvalue weighted by atomic mass is 9.89. The Morgan fingerprint density at radius 2 is 1.87 bits per heavy atom. The van der Waals surface area contributed by atoms with Gasteiger partial charge in [-0.15, -0.1) is 0 Å². The zero-order valence-corrected chi connectivity index (χ0v) is 22.4. The predicted octanol–water partition coefficient (Wildman–Crippen LogP) is 5.65. The second-order valence-corrected chi connectivity index (χ2v) is 11.4. The monoisotopic (exact) mass is 535 g/mol. The van der Waals surface area contributed by atoms with Crippen LogP contribution in [-0.2, 0) is 0 Å². The van der Waals surface area contributed by atoms with Crippen molar-refractivity contribution in [3.63, 3.8) is 0 Å². The number of rotatable bonds is 7. The summed E-state index contributed by atoms with van der Waals surface area (Å²) < 4.78 is 5.31.